The minimum absolute atomic E-state index is 0.638. The van der Waals surface area contributed by atoms with Gasteiger partial charge in [0.15, 0.2) is 0 Å². The molecule has 2 unspecified atom stereocenters. The standard InChI is InChI=1S/C8H14O.C2H6/c1-6-4-7-2-3-8(5-6)9-7;1-2/h6-8H,2-5H2,1H3;1-2H3. The van der Waals surface area contributed by atoms with Crippen LogP contribution in [0.1, 0.15) is 46.5 Å². The van der Waals surface area contributed by atoms with Crippen molar-refractivity contribution in [3.63, 3.8) is 0 Å². The van der Waals surface area contributed by atoms with Gasteiger partial charge in [0.05, 0.1) is 12.2 Å². The maximum absolute atomic E-state index is 5.67. The van der Waals surface area contributed by atoms with Gasteiger partial charge in [0.1, 0.15) is 0 Å². The van der Waals surface area contributed by atoms with Crippen molar-refractivity contribution in [3.8, 4) is 0 Å². The fourth-order valence-corrected chi connectivity index (χ4v) is 2.12. The third-order valence-corrected chi connectivity index (χ3v) is 2.53. The summed E-state index contributed by atoms with van der Waals surface area (Å²) in [6.45, 7) is 6.34. The molecule has 2 atom stereocenters. The van der Waals surface area contributed by atoms with Crippen molar-refractivity contribution in [1.29, 1.82) is 0 Å². The molecule has 2 bridgehead atoms. The molecule has 0 aromatic rings. The zero-order valence-electron chi connectivity index (χ0n) is 7.97. The average Bonchev–Trinajstić information content (AvgIpc) is 2.35. The Morgan fingerprint density at radius 3 is 1.91 bits per heavy atom. The third-order valence-electron chi connectivity index (χ3n) is 2.53. The molecule has 0 aliphatic carbocycles. The van der Waals surface area contributed by atoms with Crippen molar-refractivity contribution in [3.05, 3.63) is 0 Å². The maximum Gasteiger partial charge on any atom is 0.0582 e. The number of hydrogen-bond donors (Lipinski definition) is 0. The van der Waals surface area contributed by atoms with E-state index in [9.17, 15) is 0 Å². The van der Waals surface area contributed by atoms with Gasteiger partial charge >= 0.3 is 0 Å². The molecule has 2 aliphatic rings. The lowest BCUT2D eigenvalue weighted by Crippen LogP contribution is -2.22. The van der Waals surface area contributed by atoms with Crippen molar-refractivity contribution < 1.29 is 4.74 Å². The molecule has 2 saturated heterocycles. The Bertz CT molecular complexity index is 99.4. The monoisotopic (exact) mass is 156 g/mol. The fourth-order valence-electron chi connectivity index (χ4n) is 2.12. The molecule has 0 N–H and O–H groups in total. The van der Waals surface area contributed by atoms with Crippen LogP contribution in [0.25, 0.3) is 0 Å². The lowest BCUT2D eigenvalue weighted by atomic mass is 9.98. The molecule has 0 spiro atoms. The predicted molar refractivity (Wildman–Crippen MR) is 47.6 cm³/mol. The van der Waals surface area contributed by atoms with Crippen molar-refractivity contribution in [2.45, 2.75) is 58.7 Å². The lowest BCUT2D eigenvalue weighted by molar-refractivity contribution is -0.0152. The van der Waals surface area contributed by atoms with Crippen molar-refractivity contribution in [2.75, 3.05) is 0 Å². The van der Waals surface area contributed by atoms with Crippen LogP contribution in [-0.4, -0.2) is 12.2 Å². The van der Waals surface area contributed by atoms with Crippen LogP contribution in [0.15, 0.2) is 0 Å². The van der Waals surface area contributed by atoms with E-state index in [0.717, 1.165) is 5.92 Å². The SMILES string of the molecule is CC.CC1CC2CCC(C1)O2. The highest BCUT2D eigenvalue weighted by molar-refractivity contribution is 4.82. The summed E-state index contributed by atoms with van der Waals surface area (Å²) < 4.78 is 5.67. The van der Waals surface area contributed by atoms with Gasteiger partial charge in [-0.3, -0.25) is 0 Å². The highest BCUT2D eigenvalue weighted by Gasteiger charge is 2.32. The van der Waals surface area contributed by atoms with E-state index in [1.807, 2.05) is 13.8 Å². The van der Waals surface area contributed by atoms with E-state index in [-0.39, 0.29) is 0 Å². The highest BCUT2D eigenvalue weighted by Crippen LogP contribution is 2.35. The van der Waals surface area contributed by atoms with Crippen molar-refractivity contribution in [2.24, 2.45) is 5.92 Å². The van der Waals surface area contributed by atoms with Crippen LogP contribution in [0.3, 0.4) is 0 Å². The molecule has 2 aliphatic heterocycles. The zero-order valence-corrected chi connectivity index (χ0v) is 7.97. The third kappa shape index (κ3) is 2.19. The molecule has 0 aromatic heterocycles. The Kier molecular flexibility index (Phi) is 3.38. The molecule has 2 heterocycles. The Labute approximate surface area is 70.1 Å². The predicted octanol–water partition coefficient (Wildman–Crippen LogP) is 2.99. The molecule has 2 fully saturated rings. The Morgan fingerprint density at radius 2 is 1.45 bits per heavy atom. The van der Waals surface area contributed by atoms with Crippen molar-refractivity contribution >= 4 is 0 Å². The van der Waals surface area contributed by atoms with Crippen molar-refractivity contribution in [1.82, 2.24) is 0 Å². The summed E-state index contributed by atoms with van der Waals surface area (Å²) >= 11 is 0. The molecule has 11 heavy (non-hydrogen) atoms. The van der Waals surface area contributed by atoms with Gasteiger partial charge in [-0.15, -0.1) is 0 Å². The largest absolute Gasteiger partial charge is 0.375 e. The smallest absolute Gasteiger partial charge is 0.0582 e. The second-order valence-corrected chi connectivity index (χ2v) is 3.53. The quantitative estimate of drug-likeness (QED) is 0.524. The van der Waals surface area contributed by atoms with Gasteiger partial charge in [0.25, 0.3) is 0 Å². The van der Waals surface area contributed by atoms with Crippen LogP contribution in [0.2, 0.25) is 0 Å². The fraction of sp³-hybridized carbons (Fsp3) is 1.00. The summed E-state index contributed by atoms with van der Waals surface area (Å²) in [6.07, 6.45) is 6.56. The first-order chi connectivity index (χ1) is 5.34. The summed E-state index contributed by atoms with van der Waals surface area (Å²) in [7, 11) is 0. The minimum Gasteiger partial charge on any atom is -0.375 e. The maximum atomic E-state index is 5.67. The Morgan fingerprint density at radius 1 is 1.00 bits per heavy atom. The molecule has 1 heteroatoms. The summed E-state index contributed by atoms with van der Waals surface area (Å²) in [5.41, 5.74) is 0. The minimum atomic E-state index is 0.638. The summed E-state index contributed by atoms with van der Waals surface area (Å²) in [5, 5.41) is 0. The normalized spacial score (nSPS) is 41.2. The first kappa shape index (κ1) is 9.05. The van der Waals surface area contributed by atoms with E-state index in [1.54, 1.807) is 0 Å². The number of fused-ring (bicyclic) bond motifs is 2. The topological polar surface area (TPSA) is 9.23 Å². The van der Waals surface area contributed by atoms with Gasteiger partial charge in [0.2, 0.25) is 0 Å². The number of hydrogen-bond acceptors (Lipinski definition) is 1. The molecule has 2 rings (SSSR count). The second-order valence-electron chi connectivity index (χ2n) is 3.53. The molecular formula is C10H20O. The first-order valence-electron chi connectivity index (χ1n) is 5.00. The summed E-state index contributed by atoms with van der Waals surface area (Å²) in [6, 6.07) is 0. The molecule has 0 aromatic carbocycles. The Hall–Kier alpha value is -0.0400. The van der Waals surface area contributed by atoms with Crippen LogP contribution < -0.4 is 0 Å². The molecule has 0 saturated carbocycles. The van der Waals surface area contributed by atoms with Gasteiger partial charge in [-0.2, -0.15) is 0 Å². The van der Waals surface area contributed by atoms with Gasteiger partial charge in [-0.1, -0.05) is 20.8 Å². The van der Waals surface area contributed by atoms with E-state index < -0.39 is 0 Å². The van der Waals surface area contributed by atoms with E-state index in [0.29, 0.717) is 12.2 Å². The van der Waals surface area contributed by atoms with Gasteiger partial charge in [0, 0.05) is 0 Å². The number of rotatable bonds is 0. The van der Waals surface area contributed by atoms with E-state index in [2.05, 4.69) is 6.92 Å². The van der Waals surface area contributed by atoms with Crippen LogP contribution in [0.5, 0.6) is 0 Å². The highest BCUT2D eigenvalue weighted by atomic mass is 16.5. The number of ether oxygens (including phenoxy) is 1. The van der Waals surface area contributed by atoms with Gasteiger partial charge in [-0.05, 0) is 31.6 Å². The van der Waals surface area contributed by atoms with E-state index >= 15 is 0 Å². The molecular weight excluding hydrogens is 136 g/mol. The molecule has 0 radical (unpaired) electrons. The molecule has 0 amide bonds. The summed E-state index contributed by atoms with van der Waals surface area (Å²) in [5.74, 6) is 0.927. The van der Waals surface area contributed by atoms with E-state index in [1.165, 1.54) is 25.7 Å². The van der Waals surface area contributed by atoms with Crippen LogP contribution in [0, 0.1) is 5.92 Å². The molecule has 66 valence electrons. The van der Waals surface area contributed by atoms with E-state index in [4.69, 9.17) is 4.74 Å². The van der Waals surface area contributed by atoms with Crippen LogP contribution in [-0.2, 0) is 4.74 Å². The average molecular weight is 156 g/mol. The van der Waals surface area contributed by atoms with Gasteiger partial charge in [-0.25, -0.2) is 0 Å². The lowest BCUT2D eigenvalue weighted by Gasteiger charge is -2.25. The second kappa shape index (κ2) is 4.10. The molecule has 1 nitrogen and oxygen atoms in total. The first-order valence-corrected chi connectivity index (χ1v) is 5.00. The zero-order chi connectivity index (χ0) is 8.27. The summed E-state index contributed by atoms with van der Waals surface area (Å²) in [4.78, 5) is 0. The Balaban J connectivity index is 0.000000281. The van der Waals surface area contributed by atoms with Crippen LogP contribution in [0.4, 0.5) is 0 Å². The van der Waals surface area contributed by atoms with Crippen LogP contribution >= 0.6 is 0 Å². The van der Waals surface area contributed by atoms with Gasteiger partial charge < -0.3 is 4.74 Å².